The Morgan fingerprint density at radius 1 is 1.44 bits per heavy atom. The Labute approximate surface area is 105 Å². The molecule has 1 atom stereocenters. The Balaban J connectivity index is 2.00. The van der Waals surface area contributed by atoms with Gasteiger partial charge >= 0.3 is 0 Å². The maximum Gasteiger partial charge on any atom is 0.149 e. The number of halogens is 1. The van der Waals surface area contributed by atoms with Crippen LogP contribution in [-0.2, 0) is 5.41 Å². The number of rotatable bonds is 3. The number of benzene rings is 1. The molecule has 1 aliphatic carbocycles. The first kappa shape index (κ1) is 11.4. The van der Waals surface area contributed by atoms with Gasteiger partial charge in [-0.25, -0.2) is 9.07 Å². The van der Waals surface area contributed by atoms with Crippen molar-refractivity contribution in [1.29, 1.82) is 0 Å². The van der Waals surface area contributed by atoms with E-state index < -0.39 is 0 Å². The molecular formula is C14H16FN3. The number of nitrogens with two attached hydrogens (primary N) is 1. The topological polar surface area (TPSA) is 43.8 Å². The number of aromatic nitrogens is 2. The molecule has 0 radical (unpaired) electrons. The van der Waals surface area contributed by atoms with E-state index >= 15 is 0 Å². The highest BCUT2D eigenvalue weighted by Gasteiger charge is 2.47. The first-order valence-electron chi connectivity index (χ1n) is 6.19. The summed E-state index contributed by atoms with van der Waals surface area (Å²) in [7, 11) is 0. The van der Waals surface area contributed by atoms with E-state index in [1.165, 1.54) is 4.68 Å². The van der Waals surface area contributed by atoms with Gasteiger partial charge in [-0.3, -0.25) is 0 Å². The molecular weight excluding hydrogens is 229 g/mol. The minimum Gasteiger partial charge on any atom is -0.327 e. The van der Waals surface area contributed by atoms with Gasteiger partial charge in [0.25, 0.3) is 0 Å². The van der Waals surface area contributed by atoms with Crippen LogP contribution in [0.3, 0.4) is 0 Å². The van der Waals surface area contributed by atoms with Crippen LogP contribution in [0.1, 0.15) is 25.3 Å². The lowest BCUT2D eigenvalue weighted by atomic mass is 9.89. The molecule has 0 aliphatic heterocycles. The molecule has 3 rings (SSSR count). The Hall–Kier alpha value is -1.68. The van der Waals surface area contributed by atoms with E-state index in [1.54, 1.807) is 30.6 Å². The summed E-state index contributed by atoms with van der Waals surface area (Å²) in [6.45, 7) is 1.99. The summed E-state index contributed by atoms with van der Waals surface area (Å²) >= 11 is 0. The van der Waals surface area contributed by atoms with Crippen LogP contribution in [0, 0.1) is 5.82 Å². The van der Waals surface area contributed by atoms with Crippen LogP contribution < -0.4 is 5.73 Å². The monoisotopic (exact) mass is 245 g/mol. The van der Waals surface area contributed by atoms with Crippen molar-refractivity contribution >= 4 is 0 Å². The zero-order valence-corrected chi connectivity index (χ0v) is 10.3. The molecule has 0 saturated heterocycles. The van der Waals surface area contributed by atoms with Gasteiger partial charge in [-0.15, -0.1) is 0 Å². The molecule has 1 unspecified atom stereocenters. The highest BCUT2D eigenvalue weighted by atomic mass is 19.1. The normalized spacial score (nSPS) is 18.6. The maximum atomic E-state index is 14.1. The third kappa shape index (κ3) is 1.64. The molecule has 2 aromatic rings. The van der Waals surface area contributed by atoms with Crippen molar-refractivity contribution in [2.75, 3.05) is 0 Å². The van der Waals surface area contributed by atoms with Crippen molar-refractivity contribution < 1.29 is 4.39 Å². The lowest BCUT2D eigenvalue weighted by Crippen LogP contribution is -2.31. The lowest BCUT2D eigenvalue weighted by Gasteiger charge is -2.20. The van der Waals surface area contributed by atoms with E-state index in [9.17, 15) is 4.39 Å². The molecule has 1 aromatic carbocycles. The van der Waals surface area contributed by atoms with Crippen LogP contribution in [0.25, 0.3) is 5.69 Å². The van der Waals surface area contributed by atoms with Gasteiger partial charge in [-0.2, -0.15) is 5.10 Å². The zero-order valence-electron chi connectivity index (χ0n) is 10.3. The average Bonchev–Trinajstić information content (AvgIpc) is 2.99. The fourth-order valence-electron chi connectivity index (χ4n) is 2.56. The van der Waals surface area contributed by atoms with Crippen LogP contribution in [-0.4, -0.2) is 15.8 Å². The molecule has 1 saturated carbocycles. The third-order valence-electron chi connectivity index (χ3n) is 3.93. The molecule has 0 bridgehead atoms. The van der Waals surface area contributed by atoms with Gasteiger partial charge < -0.3 is 5.73 Å². The average molecular weight is 245 g/mol. The van der Waals surface area contributed by atoms with Gasteiger partial charge in [-0.1, -0.05) is 6.07 Å². The second kappa shape index (κ2) is 3.92. The number of nitrogens with zero attached hydrogens (tertiary/aromatic N) is 2. The van der Waals surface area contributed by atoms with Crippen LogP contribution in [0.5, 0.6) is 0 Å². The van der Waals surface area contributed by atoms with Crippen molar-refractivity contribution in [3.63, 3.8) is 0 Å². The summed E-state index contributed by atoms with van der Waals surface area (Å²) in [4.78, 5) is 0. The summed E-state index contributed by atoms with van der Waals surface area (Å²) in [5.74, 6) is -0.247. The Kier molecular flexibility index (Phi) is 2.48. The molecule has 1 aliphatic rings. The van der Waals surface area contributed by atoms with Crippen LogP contribution in [0.4, 0.5) is 4.39 Å². The van der Waals surface area contributed by atoms with E-state index in [-0.39, 0.29) is 17.3 Å². The predicted octanol–water partition coefficient (Wildman–Crippen LogP) is 2.39. The molecule has 0 amide bonds. The molecule has 3 nitrogen and oxygen atoms in total. The van der Waals surface area contributed by atoms with Crippen molar-refractivity contribution in [1.82, 2.24) is 9.78 Å². The zero-order chi connectivity index (χ0) is 12.8. The molecule has 1 aromatic heterocycles. The molecule has 1 fully saturated rings. The van der Waals surface area contributed by atoms with Crippen molar-refractivity contribution in [3.05, 3.63) is 48.0 Å². The van der Waals surface area contributed by atoms with Gasteiger partial charge in [0, 0.05) is 23.9 Å². The number of hydrogen-bond donors (Lipinski definition) is 1. The summed E-state index contributed by atoms with van der Waals surface area (Å²) in [6, 6.07) is 7.19. The van der Waals surface area contributed by atoms with Crippen LogP contribution in [0.2, 0.25) is 0 Å². The largest absolute Gasteiger partial charge is 0.327 e. The van der Waals surface area contributed by atoms with Gasteiger partial charge in [0.1, 0.15) is 11.5 Å². The second-order valence-corrected chi connectivity index (χ2v) is 5.06. The summed E-state index contributed by atoms with van der Waals surface area (Å²) in [5, 5.41) is 4.04. The predicted molar refractivity (Wildman–Crippen MR) is 68.1 cm³/mol. The third-order valence-corrected chi connectivity index (χ3v) is 3.93. The summed E-state index contributed by atoms with van der Waals surface area (Å²) in [5.41, 5.74) is 7.48. The molecule has 94 valence electrons. The minimum atomic E-state index is -0.247. The fourth-order valence-corrected chi connectivity index (χ4v) is 2.56. The number of hydrogen-bond acceptors (Lipinski definition) is 2. The molecule has 1 heterocycles. The highest BCUT2D eigenvalue weighted by Crippen LogP contribution is 2.50. The van der Waals surface area contributed by atoms with E-state index in [0.717, 1.165) is 18.4 Å². The first-order valence-corrected chi connectivity index (χ1v) is 6.19. The van der Waals surface area contributed by atoms with Gasteiger partial charge in [0.2, 0.25) is 0 Å². The van der Waals surface area contributed by atoms with Crippen LogP contribution >= 0.6 is 0 Å². The molecule has 2 N–H and O–H groups in total. The van der Waals surface area contributed by atoms with E-state index in [1.807, 2.05) is 13.0 Å². The summed E-state index contributed by atoms with van der Waals surface area (Å²) < 4.78 is 15.7. The van der Waals surface area contributed by atoms with Crippen molar-refractivity contribution in [3.8, 4) is 5.69 Å². The van der Waals surface area contributed by atoms with Gasteiger partial charge in [0.15, 0.2) is 0 Å². The highest BCUT2D eigenvalue weighted by molar-refractivity contribution is 5.41. The summed E-state index contributed by atoms with van der Waals surface area (Å²) in [6.07, 6.45) is 5.46. The Bertz CT molecular complexity index is 556. The first-order chi connectivity index (χ1) is 8.63. The van der Waals surface area contributed by atoms with E-state index in [2.05, 4.69) is 5.10 Å². The second-order valence-electron chi connectivity index (χ2n) is 5.06. The Morgan fingerprint density at radius 3 is 2.72 bits per heavy atom. The molecule has 0 spiro atoms. The van der Waals surface area contributed by atoms with Crippen molar-refractivity contribution in [2.24, 2.45) is 5.73 Å². The van der Waals surface area contributed by atoms with Gasteiger partial charge in [-0.05, 0) is 43.5 Å². The van der Waals surface area contributed by atoms with Crippen molar-refractivity contribution in [2.45, 2.75) is 31.2 Å². The van der Waals surface area contributed by atoms with E-state index in [4.69, 9.17) is 5.73 Å². The Morgan fingerprint density at radius 2 is 2.22 bits per heavy atom. The minimum absolute atomic E-state index is 0.0104. The SMILES string of the molecule is CC(N)C1(c2ccc(-n3cccn3)c(F)c2)CC1. The maximum absolute atomic E-state index is 14.1. The van der Waals surface area contributed by atoms with Crippen LogP contribution in [0.15, 0.2) is 36.7 Å². The molecule has 4 heteroatoms. The quantitative estimate of drug-likeness (QED) is 0.902. The van der Waals surface area contributed by atoms with Gasteiger partial charge in [0.05, 0.1) is 0 Å². The van der Waals surface area contributed by atoms with E-state index in [0.29, 0.717) is 5.69 Å². The molecule has 18 heavy (non-hydrogen) atoms. The lowest BCUT2D eigenvalue weighted by molar-refractivity contribution is 0.546. The smallest absolute Gasteiger partial charge is 0.149 e. The fraction of sp³-hybridized carbons (Fsp3) is 0.357. The standard InChI is InChI=1S/C14H16FN3/c1-10(16)14(5-6-14)11-3-4-13(12(15)9-11)18-8-2-7-17-18/h2-4,7-10H,5-6,16H2,1H3.